The lowest BCUT2D eigenvalue weighted by atomic mass is 9.79. The summed E-state index contributed by atoms with van der Waals surface area (Å²) in [5.41, 5.74) is 4.38. The number of nitrogen functional groups attached to an aromatic ring is 1. The third-order valence-corrected chi connectivity index (χ3v) is 8.63. The van der Waals surface area contributed by atoms with Gasteiger partial charge in [-0.2, -0.15) is 17.6 Å². The number of nitrogens with one attached hydrogen (secondary N) is 1. The number of anilines is 2. The number of hydrogen-bond acceptors (Lipinski definition) is 7. The minimum Gasteiger partial charge on any atom is -0.493 e. The van der Waals surface area contributed by atoms with E-state index >= 15 is 8.78 Å². The highest BCUT2D eigenvalue weighted by atomic mass is 19.4. The lowest BCUT2D eigenvalue weighted by Crippen LogP contribution is -2.44. The molecule has 242 valence electrons. The van der Waals surface area contributed by atoms with Crippen molar-refractivity contribution in [2.75, 3.05) is 24.2 Å². The van der Waals surface area contributed by atoms with E-state index in [1.54, 1.807) is 11.8 Å². The molecule has 10 nitrogen and oxygen atoms in total. The van der Waals surface area contributed by atoms with Crippen LogP contribution in [0.4, 0.5) is 33.6 Å². The van der Waals surface area contributed by atoms with E-state index < -0.39 is 41.1 Å². The number of piperidine rings is 1. The summed E-state index contributed by atoms with van der Waals surface area (Å²) in [5.74, 6) is -3.57. The quantitative estimate of drug-likeness (QED) is 0.253. The van der Waals surface area contributed by atoms with Gasteiger partial charge in [0.15, 0.2) is 0 Å². The Bertz CT molecular complexity index is 1870. The SMILES string of the molecule is CCOc1cc(C(=O)Nc2cc(C(F)(F)F)ccn2)cc(F)c1-c1nc([C@@H]2CC[C@@H]3N(C2)C(=O)CC3(C)C)n2c(F)cnc(N)c12. The van der Waals surface area contributed by atoms with Gasteiger partial charge in [-0.25, -0.2) is 19.3 Å². The fraction of sp³-hybridized carbons (Fsp3) is 0.387. The molecule has 0 radical (unpaired) electrons. The Morgan fingerprint density at radius 1 is 1.17 bits per heavy atom. The van der Waals surface area contributed by atoms with Crippen LogP contribution in [0.15, 0.2) is 36.7 Å². The van der Waals surface area contributed by atoms with Gasteiger partial charge in [0.2, 0.25) is 11.9 Å². The van der Waals surface area contributed by atoms with Crippen LogP contribution in [0.2, 0.25) is 0 Å². The number of fused-ring (bicyclic) bond motifs is 2. The van der Waals surface area contributed by atoms with Crippen LogP contribution in [0, 0.1) is 17.2 Å². The van der Waals surface area contributed by atoms with E-state index in [9.17, 15) is 22.8 Å². The second-order valence-corrected chi connectivity index (χ2v) is 12.1. The molecule has 0 spiro atoms. The monoisotopic (exact) mass is 643 g/mol. The highest BCUT2D eigenvalue weighted by Gasteiger charge is 2.48. The molecular weight excluding hydrogens is 613 g/mol. The molecule has 2 saturated heterocycles. The average Bonchev–Trinajstić information content (AvgIpc) is 3.49. The molecule has 5 heterocycles. The van der Waals surface area contributed by atoms with Crippen LogP contribution in [-0.4, -0.2) is 55.3 Å². The fourth-order valence-electron chi connectivity index (χ4n) is 6.53. The molecule has 15 heteroatoms. The maximum atomic E-state index is 16.1. The van der Waals surface area contributed by atoms with E-state index in [0.717, 1.165) is 24.5 Å². The van der Waals surface area contributed by atoms with Gasteiger partial charge in [0.25, 0.3) is 5.91 Å². The fourth-order valence-corrected chi connectivity index (χ4v) is 6.53. The van der Waals surface area contributed by atoms with E-state index in [1.165, 1.54) is 10.5 Å². The first-order valence-electron chi connectivity index (χ1n) is 14.6. The first kappa shape index (κ1) is 31.2. The van der Waals surface area contributed by atoms with Gasteiger partial charge >= 0.3 is 6.18 Å². The molecule has 0 saturated carbocycles. The minimum atomic E-state index is -4.67. The predicted octanol–water partition coefficient (Wildman–Crippen LogP) is 5.83. The molecular formula is C31H30F5N7O3. The van der Waals surface area contributed by atoms with Crippen LogP contribution in [0.25, 0.3) is 16.8 Å². The van der Waals surface area contributed by atoms with Crippen molar-refractivity contribution in [3.63, 3.8) is 0 Å². The molecule has 3 N–H and O–H groups in total. The molecule has 2 aliphatic heterocycles. The number of nitrogens with two attached hydrogens (primary N) is 1. The van der Waals surface area contributed by atoms with Crippen molar-refractivity contribution in [3.8, 4) is 17.0 Å². The van der Waals surface area contributed by atoms with Crippen molar-refractivity contribution in [2.45, 2.75) is 58.2 Å². The number of ether oxygens (including phenoxy) is 1. The molecule has 2 aliphatic rings. The van der Waals surface area contributed by atoms with Gasteiger partial charge in [-0.3, -0.25) is 14.0 Å². The highest BCUT2D eigenvalue weighted by Crippen LogP contribution is 2.46. The Hall–Kier alpha value is -4.82. The summed E-state index contributed by atoms with van der Waals surface area (Å²) in [6, 6.07) is 3.50. The van der Waals surface area contributed by atoms with Crippen molar-refractivity contribution in [1.82, 2.24) is 24.3 Å². The predicted molar refractivity (Wildman–Crippen MR) is 157 cm³/mol. The molecule has 0 aliphatic carbocycles. The molecule has 0 unspecified atom stereocenters. The lowest BCUT2D eigenvalue weighted by molar-refractivity contribution is -0.137. The van der Waals surface area contributed by atoms with Crippen LogP contribution < -0.4 is 15.8 Å². The number of nitrogens with zero attached hydrogens (tertiary/aromatic N) is 5. The van der Waals surface area contributed by atoms with Crippen molar-refractivity contribution in [3.05, 3.63) is 65.4 Å². The Kier molecular flexibility index (Phi) is 7.60. The number of amides is 2. The summed E-state index contributed by atoms with van der Waals surface area (Å²) in [7, 11) is 0. The van der Waals surface area contributed by atoms with E-state index in [0.29, 0.717) is 25.3 Å². The number of carbonyl (C=O) groups excluding carboxylic acids is 2. The smallest absolute Gasteiger partial charge is 0.416 e. The summed E-state index contributed by atoms with van der Waals surface area (Å²) in [5, 5.41) is 2.24. The summed E-state index contributed by atoms with van der Waals surface area (Å²) in [6.07, 6.45) is -1.20. The molecule has 46 heavy (non-hydrogen) atoms. The lowest BCUT2D eigenvalue weighted by Gasteiger charge is -2.39. The van der Waals surface area contributed by atoms with E-state index in [2.05, 4.69) is 20.3 Å². The van der Waals surface area contributed by atoms with Gasteiger partial charge in [0.05, 0.1) is 23.9 Å². The summed E-state index contributed by atoms with van der Waals surface area (Å²) >= 11 is 0. The van der Waals surface area contributed by atoms with Crippen molar-refractivity contribution < 1.29 is 36.3 Å². The first-order valence-corrected chi connectivity index (χ1v) is 14.6. The number of rotatable bonds is 6. The topological polar surface area (TPSA) is 128 Å². The number of pyridine rings is 1. The molecule has 0 bridgehead atoms. The number of carbonyl (C=O) groups is 2. The number of alkyl halides is 3. The Balaban J connectivity index is 1.42. The molecule has 4 aromatic rings. The third-order valence-electron chi connectivity index (χ3n) is 8.63. The summed E-state index contributed by atoms with van der Waals surface area (Å²) in [4.78, 5) is 40.1. The Morgan fingerprint density at radius 3 is 2.65 bits per heavy atom. The van der Waals surface area contributed by atoms with E-state index in [4.69, 9.17) is 10.5 Å². The Morgan fingerprint density at radius 2 is 1.93 bits per heavy atom. The largest absolute Gasteiger partial charge is 0.493 e. The average molecular weight is 644 g/mol. The Labute approximate surface area is 259 Å². The number of benzene rings is 1. The van der Waals surface area contributed by atoms with Gasteiger partial charge in [0.1, 0.15) is 40.2 Å². The zero-order valence-corrected chi connectivity index (χ0v) is 25.1. The zero-order chi connectivity index (χ0) is 33.1. The molecule has 6 rings (SSSR count). The highest BCUT2D eigenvalue weighted by molar-refractivity contribution is 6.05. The van der Waals surface area contributed by atoms with Gasteiger partial charge in [0, 0.05) is 36.7 Å². The number of hydrogen-bond donors (Lipinski definition) is 2. The third kappa shape index (κ3) is 5.36. The van der Waals surface area contributed by atoms with Gasteiger partial charge in [-0.1, -0.05) is 13.8 Å². The summed E-state index contributed by atoms with van der Waals surface area (Å²) in [6.45, 7) is 6.04. The first-order chi connectivity index (χ1) is 21.7. The maximum absolute atomic E-state index is 16.1. The summed E-state index contributed by atoms with van der Waals surface area (Å²) < 4.78 is 77.9. The van der Waals surface area contributed by atoms with Gasteiger partial charge in [-0.15, -0.1) is 0 Å². The van der Waals surface area contributed by atoms with Crippen molar-refractivity contribution in [2.24, 2.45) is 5.41 Å². The van der Waals surface area contributed by atoms with Crippen LogP contribution in [0.3, 0.4) is 0 Å². The number of aromatic nitrogens is 4. The zero-order valence-electron chi connectivity index (χ0n) is 25.1. The van der Waals surface area contributed by atoms with Crippen molar-refractivity contribution >= 4 is 29.0 Å². The molecule has 1 aromatic carbocycles. The van der Waals surface area contributed by atoms with E-state index in [1.807, 2.05) is 13.8 Å². The second-order valence-electron chi connectivity index (χ2n) is 12.1. The van der Waals surface area contributed by atoms with Gasteiger partial charge in [-0.05, 0) is 49.4 Å². The maximum Gasteiger partial charge on any atom is 0.416 e. The normalized spacial score (nSPS) is 19.4. The van der Waals surface area contributed by atoms with Crippen LogP contribution in [-0.2, 0) is 11.0 Å². The standard InChI is InChI=1S/C31H30F5N7O3/c1-4-46-19-10-16(29(45)40-22-11-17(7-8-38-22)31(34,35)36)9-18(32)24(19)25-26-27(37)39-13-21(33)43(26)28(41-25)15-5-6-20-30(2,3)12-23(44)42(20)14-15/h7-11,13,15,20H,4-6,12,14H2,1-3H3,(H2,37,39)(H,38,40,45)/t15-,20+/m1/s1. The van der Waals surface area contributed by atoms with Crippen LogP contribution >= 0.6 is 0 Å². The number of halogens is 5. The molecule has 3 aromatic heterocycles. The molecule has 2 atom stereocenters. The number of imidazole rings is 1. The molecule has 2 fully saturated rings. The van der Waals surface area contributed by atoms with Gasteiger partial charge < -0.3 is 20.7 Å². The van der Waals surface area contributed by atoms with Crippen LogP contribution in [0.1, 0.15) is 67.7 Å². The van der Waals surface area contributed by atoms with E-state index in [-0.39, 0.29) is 70.2 Å². The molecule has 2 amide bonds. The second kappa shape index (κ2) is 11.2. The minimum absolute atomic E-state index is 0.00122. The van der Waals surface area contributed by atoms with Crippen LogP contribution in [0.5, 0.6) is 5.75 Å². The van der Waals surface area contributed by atoms with Crippen molar-refractivity contribution in [1.29, 1.82) is 0 Å².